The van der Waals surface area contributed by atoms with Gasteiger partial charge in [0, 0.05) is 52.1 Å². The zero-order chi connectivity index (χ0) is 23.7. The molecule has 5 aromatic rings. The number of hydrogen-bond donors (Lipinski definition) is 2. The number of anilines is 1. The lowest BCUT2D eigenvalue weighted by atomic mass is 10.0. The van der Waals surface area contributed by atoms with Crippen LogP contribution < -0.4 is 5.32 Å². The first-order valence-electron chi connectivity index (χ1n) is 10.8. The first kappa shape index (κ1) is 22.0. The summed E-state index contributed by atoms with van der Waals surface area (Å²) in [6.45, 7) is 4.13. The normalized spacial score (nSPS) is 11.7. The molecule has 9 heteroatoms. The molecule has 1 aromatic carbocycles. The van der Waals surface area contributed by atoms with E-state index in [2.05, 4.69) is 20.4 Å². The number of nitrogens with one attached hydrogen (secondary N) is 1. The van der Waals surface area contributed by atoms with Crippen LogP contribution in [0.4, 0.5) is 5.69 Å². The second-order valence-electron chi connectivity index (χ2n) is 8.63. The van der Waals surface area contributed by atoms with Gasteiger partial charge in [0.25, 0.3) is 5.91 Å². The Morgan fingerprint density at radius 1 is 1.21 bits per heavy atom. The molecule has 5 rings (SSSR count). The van der Waals surface area contributed by atoms with Crippen LogP contribution in [0.2, 0.25) is 0 Å². The number of carbonyl (C=O) groups is 1. The minimum atomic E-state index is -0.789. The van der Waals surface area contributed by atoms with Crippen LogP contribution in [0.3, 0.4) is 0 Å². The fraction of sp³-hybridized carbons (Fsp3) is 0.200. The predicted octanol–water partition coefficient (Wildman–Crippen LogP) is 5.23. The highest BCUT2D eigenvalue weighted by molar-refractivity contribution is 7.13. The van der Waals surface area contributed by atoms with Gasteiger partial charge in [-0.2, -0.15) is 5.10 Å². The van der Waals surface area contributed by atoms with Gasteiger partial charge in [-0.15, -0.1) is 11.3 Å². The van der Waals surface area contributed by atoms with Crippen molar-refractivity contribution < 1.29 is 14.3 Å². The van der Waals surface area contributed by atoms with Gasteiger partial charge in [-0.05, 0) is 50.6 Å². The van der Waals surface area contributed by atoms with Crippen molar-refractivity contribution in [2.24, 2.45) is 0 Å². The zero-order valence-electron chi connectivity index (χ0n) is 18.7. The van der Waals surface area contributed by atoms with Gasteiger partial charge < -0.3 is 14.8 Å². The van der Waals surface area contributed by atoms with Crippen LogP contribution in [-0.4, -0.2) is 36.4 Å². The van der Waals surface area contributed by atoms with Crippen LogP contribution in [0.25, 0.3) is 32.6 Å². The number of hydrogen-bond acceptors (Lipinski definition) is 7. The van der Waals surface area contributed by atoms with Crippen molar-refractivity contribution in [3.05, 3.63) is 72.5 Å². The lowest BCUT2D eigenvalue weighted by Gasteiger charge is -2.17. The number of carbonyl (C=O) groups excluding carboxylic acids is 1. The third kappa shape index (κ3) is 4.61. The van der Waals surface area contributed by atoms with E-state index in [0.717, 1.165) is 32.6 Å². The maximum absolute atomic E-state index is 13.1. The summed E-state index contributed by atoms with van der Waals surface area (Å²) in [4.78, 5) is 21.6. The Bertz CT molecular complexity index is 1430. The summed E-state index contributed by atoms with van der Waals surface area (Å²) in [5.41, 5.74) is 3.66. The highest BCUT2D eigenvalue weighted by atomic mass is 32.1. The summed E-state index contributed by atoms with van der Waals surface area (Å²) in [6.07, 6.45) is 8.96. The Kier molecular flexibility index (Phi) is 5.72. The Morgan fingerprint density at radius 2 is 2.03 bits per heavy atom. The molecule has 34 heavy (non-hydrogen) atoms. The molecular weight excluding hydrogens is 450 g/mol. The van der Waals surface area contributed by atoms with Crippen molar-refractivity contribution in [2.75, 3.05) is 5.32 Å². The molecule has 0 aliphatic rings. The van der Waals surface area contributed by atoms with E-state index in [1.807, 2.05) is 35.0 Å². The molecule has 0 aliphatic carbocycles. The van der Waals surface area contributed by atoms with Crippen molar-refractivity contribution in [3.63, 3.8) is 0 Å². The Balaban J connectivity index is 1.47. The summed E-state index contributed by atoms with van der Waals surface area (Å²) in [5, 5.41) is 21.0. The standard InChI is InChI=1S/C25H23N5O3S/c1-25(2,32)6-9-30-22-12-19(17-5-10-33-14-17)20(11-18(22)13-27-30)28-23(31)21-15-34-24(29-21)16-3-7-26-8-4-16/h3-5,7-8,10-15,32H,6,9H2,1-2H3,(H,28,31). The van der Waals surface area contributed by atoms with Gasteiger partial charge in [-0.1, -0.05) is 0 Å². The molecule has 0 aliphatic heterocycles. The summed E-state index contributed by atoms with van der Waals surface area (Å²) in [6, 6.07) is 9.46. The van der Waals surface area contributed by atoms with Crippen molar-refractivity contribution in [2.45, 2.75) is 32.4 Å². The fourth-order valence-electron chi connectivity index (χ4n) is 3.64. The highest BCUT2D eigenvalue weighted by Crippen LogP contribution is 2.34. The molecular formula is C25H23N5O3S. The average molecular weight is 474 g/mol. The summed E-state index contributed by atoms with van der Waals surface area (Å²) < 4.78 is 7.16. The molecule has 0 spiro atoms. The van der Waals surface area contributed by atoms with E-state index in [1.54, 1.807) is 50.3 Å². The quantitative estimate of drug-likeness (QED) is 0.335. The predicted molar refractivity (Wildman–Crippen MR) is 132 cm³/mol. The van der Waals surface area contributed by atoms with Gasteiger partial charge in [0.15, 0.2) is 0 Å². The van der Waals surface area contributed by atoms with Crippen LogP contribution in [0, 0.1) is 0 Å². The molecule has 0 fully saturated rings. The molecule has 0 radical (unpaired) electrons. The molecule has 0 bridgehead atoms. The first-order chi connectivity index (χ1) is 16.4. The Labute approximate surface area is 199 Å². The number of pyridine rings is 1. The topological polar surface area (TPSA) is 106 Å². The van der Waals surface area contributed by atoms with Crippen LogP contribution in [0.1, 0.15) is 30.8 Å². The van der Waals surface area contributed by atoms with Crippen LogP contribution in [0.5, 0.6) is 0 Å². The SMILES string of the molecule is CC(C)(O)CCn1ncc2cc(NC(=O)c3csc(-c4ccncc4)n3)c(-c3ccoc3)cc21. The largest absolute Gasteiger partial charge is 0.472 e. The summed E-state index contributed by atoms with van der Waals surface area (Å²) in [5.74, 6) is -0.296. The molecule has 2 N–H and O–H groups in total. The average Bonchev–Trinajstić information content (AvgIpc) is 3.58. The number of nitrogens with zero attached hydrogens (tertiary/aromatic N) is 4. The van der Waals surface area contributed by atoms with E-state index in [-0.39, 0.29) is 5.91 Å². The molecule has 0 saturated carbocycles. The number of aryl methyl sites for hydroxylation is 1. The number of amides is 1. The molecule has 8 nitrogen and oxygen atoms in total. The number of aromatic nitrogens is 4. The Morgan fingerprint density at radius 3 is 2.76 bits per heavy atom. The van der Waals surface area contributed by atoms with Gasteiger partial charge in [-0.3, -0.25) is 14.5 Å². The number of aliphatic hydroxyl groups is 1. The van der Waals surface area contributed by atoms with E-state index in [0.29, 0.717) is 24.3 Å². The molecule has 1 amide bonds. The number of rotatable bonds is 7. The molecule has 4 aromatic heterocycles. The van der Waals surface area contributed by atoms with Crippen LogP contribution in [-0.2, 0) is 6.54 Å². The van der Waals surface area contributed by atoms with E-state index >= 15 is 0 Å². The van der Waals surface area contributed by atoms with E-state index in [4.69, 9.17) is 4.42 Å². The second kappa shape index (κ2) is 8.85. The van der Waals surface area contributed by atoms with Crippen molar-refractivity contribution in [3.8, 4) is 21.7 Å². The lowest BCUT2D eigenvalue weighted by Crippen LogP contribution is -2.21. The van der Waals surface area contributed by atoms with E-state index in [1.165, 1.54) is 11.3 Å². The third-order valence-electron chi connectivity index (χ3n) is 5.46. The van der Waals surface area contributed by atoms with Crippen molar-refractivity contribution >= 4 is 33.8 Å². The molecule has 172 valence electrons. The minimum Gasteiger partial charge on any atom is -0.472 e. The van der Waals surface area contributed by atoms with E-state index < -0.39 is 5.60 Å². The maximum Gasteiger partial charge on any atom is 0.275 e. The Hall–Kier alpha value is -3.82. The summed E-state index contributed by atoms with van der Waals surface area (Å²) in [7, 11) is 0. The third-order valence-corrected chi connectivity index (χ3v) is 6.35. The minimum absolute atomic E-state index is 0.296. The highest BCUT2D eigenvalue weighted by Gasteiger charge is 2.18. The second-order valence-corrected chi connectivity index (χ2v) is 9.48. The fourth-order valence-corrected chi connectivity index (χ4v) is 4.44. The van der Waals surface area contributed by atoms with Crippen LogP contribution in [0.15, 0.2) is 71.2 Å². The van der Waals surface area contributed by atoms with Gasteiger partial charge in [0.1, 0.15) is 10.7 Å². The number of furan rings is 1. The molecule has 0 unspecified atom stereocenters. The molecule has 0 atom stereocenters. The van der Waals surface area contributed by atoms with Gasteiger partial charge in [-0.25, -0.2) is 4.98 Å². The van der Waals surface area contributed by atoms with Crippen molar-refractivity contribution in [1.82, 2.24) is 19.7 Å². The van der Waals surface area contributed by atoms with Gasteiger partial charge >= 0.3 is 0 Å². The smallest absolute Gasteiger partial charge is 0.275 e. The zero-order valence-corrected chi connectivity index (χ0v) is 19.5. The van der Waals surface area contributed by atoms with Gasteiger partial charge in [0.05, 0.1) is 29.8 Å². The number of benzene rings is 1. The van der Waals surface area contributed by atoms with E-state index in [9.17, 15) is 9.90 Å². The first-order valence-corrected chi connectivity index (χ1v) is 11.7. The molecule has 0 saturated heterocycles. The summed E-state index contributed by atoms with van der Waals surface area (Å²) >= 11 is 1.41. The number of thiazole rings is 1. The van der Waals surface area contributed by atoms with Crippen LogP contribution >= 0.6 is 11.3 Å². The lowest BCUT2D eigenvalue weighted by molar-refractivity contribution is 0.0655. The van der Waals surface area contributed by atoms with Crippen molar-refractivity contribution in [1.29, 1.82) is 0 Å². The maximum atomic E-state index is 13.1. The van der Waals surface area contributed by atoms with Gasteiger partial charge in [0.2, 0.25) is 0 Å². The molecule has 4 heterocycles. The monoisotopic (exact) mass is 473 g/mol. The number of fused-ring (bicyclic) bond motifs is 1.